The molecule has 1 amide bonds. The molecule has 0 bridgehead atoms. The van der Waals surface area contributed by atoms with E-state index in [0.717, 1.165) is 51.9 Å². The van der Waals surface area contributed by atoms with Crippen molar-refractivity contribution in [3.63, 3.8) is 0 Å². The van der Waals surface area contributed by atoms with Gasteiger partial charge in [0, 0.05) is 64.9 Å². The number of hydrogen-bond donors (Lipinski definition) is 0. The Morgan fingerprint density at radius 1 is 0.943 bits per heavy atom. The summed E-state index contributed by atoms with van der Waals surface area (Å²) in [7, 11) is 0.0438. The van der Waals surface area contributed by atoms with Gasteiger partial charge < -0.3 is 14.5 Å². The number of carbonyl (C=O) groups excluding carboxylic acids is 1. The molecule has 3 saturated heterocycles. The van der Waals surface area contributed by atoms with Crippen LogP contribution in [0.4, 0.5) is 0 Å². The Bertz CT molecular complexity index is 970. The lowest BCUT2D eigenvalue weighted by Gasteiger charge is -2.44. The minimum absolute atomic E-state index is 0.00350. The third kappa shape index (κ3) is 4.90. The summed E-state index contributed by atoms with van der Waals surface area (Å²) in [4.78, 5) is 21.0. The third-order valence-electron chi connectivity index (χ3n) is 8.88. The number of rotatable bonds is 6. The van der Waals surface area contributed by atoms with Crippen LogP contribution in [0.5, 0.6) is 0 Å². The van der Waals surface area contributed by atoms with E-state index in [1.165, 1.54) is 6.42 Å². The van der Waals surface area contributed by atoms with E-state index in [4.69, 9.17) is 4.74 Å². The number of amides is 1. The molecular formula is C26H40N4O4S. The van der Waals surface area contributed by atoms with Gasteiger partial charge in [-0.05, 0) is 37.9 Å². The highest BCUT2D eigenvalue weighted by Gasteiger charge is 2.56. The normalized spacial score (nSPS) is 30.5. The molecule has 3 atom stereocenters. The molecule has 9 heteroatoms. The molecule has 1 aromatic rings. The van der Waals surface area contributed by atoms with Crippen LogP contribution in [-0.2, 0) is 19.6 Å². The van der Waals surface area contributed by atoms with E-state index in [0.29, 0.717) is 25.6 Å². The first-order valence-electron chi connectivity index (χ1n) is 13.2. The van der Waals surface area contributed by atoms with Gasteiger partial charge in [-0.25, -0.2) is 8.42 Å². The SMILES string of the molecule is COC1CCN(C2CN(S(=O)(=O)c3ccccc3)[C@H](C(=O)N3CCN(C)CC3)C2C2CCC2)CC1. The molecule has 3 heterocycles. The first-order valence-corrected chi connectivity index (χ1v) is 14.6. The van der Waals surface area contributed by atoms with E-state index in [-0.39, 0.29) is 28.9 Å². The summed E-state index contributed by atoms with van der Waals surface area (Å²) < 4.78 is 35.2. The maximum atomic E-state index is 14.1. The number of ether oxygens (including phenoxy) is 1. The number of hydrogen-bond acceptors (Lipinski definition) is 6. The third-order valence-corrected chi connectivity index (χ3v) is 10.7. The van der Waals surface area contributed by atoms with Crippen LogP contribution < -0.4 is 0 Å². The zero-order chi connectivity index (χ0) is 24.6. The number of piperazine rings is 1. The Hall–Kier alpha value is -1.52. The van der Waals surface area contributed by atoms with Gasteiger partial charge in [0.25, 0.3) is 0 Å². The lowest BCUT2D eigenvalue weighted by molar-refractivity contribution is -0.138. The first-order chi connectivity index (χ1) is 16.9. The Kier molecular flexibility index (Phi) is 7.51. The summed E-state index contributed by atoms with van der Waals surface area (Å²) in [6.07, 6.45) is 5.50. The average molecular weight is 505 g/mol. The van der Waals surface area contributed by atoms with E-state index in [9.17, 15) is 13.2 Å². The van der Waals surface area contributed by atoms with Crippen LogP contribution in [0.3, 0.4) is 0 Å². The predicted octanol–water partition coefficient (Wildman–Crippen LogP) is 1.73. The van der Waals surface area contributed by atoms with Gasteiger partial charge in [0.1, 0.15) is 6.04 Å². The molecule has 8 nitrogen and oxygen atoms in total. The molecule has 0 spiro atoms. The molecule has 5 rings (SSSR count). The van der Waals surface area contributed by atoms with Gasteiger partial charge in [0.15, 0.2) is 0 Å². The first kappa shape index (κ1) is 25.1. The van der Waals surface area contributed by atoms with Crippen molar-refractivity contribution in [3.8, 4) is 0 Å². The number of methoxy groups -OCH3 is 1. The zero-order valence-corrected chi connectivity index (χ0v) is 21.9. The van der Waals surface area contributed by atoms with E-state index < -0.39 is 16.1 Å². The number of benzene rings is 1. The number of sulfonamides is 1. The van der Waals surface area contributed by atoms with E-state index in [1.54, 1.807) is 35.7 Å². The maximum Gasteiger partial charge on any atom is 0.243 e. The van der Waals surface area contributed by atoms with Gasteiger partial charge in [0.2, 0.25) is 15.9 Å². The molecule has 1 aliphatic carbocycles. The van der Waals surface area contributed by atoms with Crippen LogP contribution >= 0.6 is 0 Å². The molecule has 3 aliphatic heterocycles. The summed E-state index contributed by atoms with van der Waals surface area (Å²) in [6, 6.07) is 8.10. The van der Waals surface area contributed by atoms with Crippen molar-refractivity contribution >= 4 is 15.9 Å². The van der Waals surface area contributed by atoms with E-state index in [1.807, 2.05) is 11.0 Å². The zero-order valence-electron chi connectivity index (χ0n) is 21.1. The summed E-state index contributed by atoms with van der Waals surface area (Å²) in [6.45, 7) is 5.14. The number of likely N-dealkylation sites (N-methyl/N-ethyl adjacent to an activating group) is 1. The van der Waals surface area contributed by atoms with Crippen molar-refractivity contribution in [2.24, 2.45) is 11.8 Å². The number of nitrogens with zero attached hydrogens (tertiary/aromatic N) is 4. The lowest BCUT2D eigenvalue weighted by atomic mass is 9.70. The Balaban J connectivity index is 1.50. The quantitative estimate of drug-likeness (QED) is 0.588. The summed E-state index contributed by atoms with van der Waals surface area (Å²) in [5.41, 5.74) is 0. The standard InChI is InChI=1S/C26H40N4O4S/c1-27-15-17-29(18-16-27)26(31)25-24(20-7-6-8-20)23(28-13-11-21(34-2)12-14-28)19-30(25)35(32,33)22-9-4-3-5-10-22/h3-5,9-10,20-21,23-25H,6-8,11-19H2,1-2H3/t23?,24?,25-/m0/s1. The fourth-order valence-electron chi connectivity index (χ4n) is 6.50. The minimum atomic E-state index is -3.80. The molecule has 35 heavy (non-hydrogen) atoms. The molecule has 4 aliphatic rings. The van der Waals surface area contributed by atoms with E-state index in [2.05, 4.69) is 16.8 Å². The second kappa shape index (κ2) is 10.5. The molecule has 0 N–H and O–H groups in total. The highest BCUT2D eigenvalue weighted by Crippen LogP contribution is 2.46. The van der Waals surface area contributed by atoms with Crippen molar-refractivity contribution in [2.45, 2.75) is 55.2 Å². The summed E-state index contributed by atoms with van der Waals surface area (Å²) in [5.74, 6) is 0.440. The molecular weight excluding hydrogens is 464 g/mol. The molecule has 0 aromatic heterocycles. The topological polar surface area (TPSA) is 73.4 Å². The fraction of sp³-hybridized carbons (Fsp3) is 0.731. The van der Waals surface area contributed by atoms with Crippen molar-refractivity contribution in [2.75, 3.05) is 60.0 Å². The molecule has 0 radical (unpaired) electrons. The van der Waals surface area contributed by atoms with Crippen LogP contribution in [-0.4, -0.2) is 111 Å². The van der Waals surface area contributed by atoms with Gasteiger partial charge >= 0.3 is 0 Å². The van der Waals surface area contributed by atoms with Gasteiger partial charge in [-0.1, -0.05) is 37.5 Å². The summed E-state index contributed by atoms with van der Waals surface area (Å²) in [5, 5.41) is 0. The van der Waals surface area contributed by atoms with Crippen molar-refractivity contribution in [1.82, 2.24) is 19.0 Å². The Morgan fingerprint density at radius 3 is 2.17 bits per heavy atom. The van der Waals surface area contributed by atoms with Gasteiger partial charge in [-0.3, -0.25) is 9.69 Å². The van der Waals surface area contributed by atoms with E-state index >= 15 is 0 Å². The van der Waals surface area contributed by atoms with Crippen LogP contribution in [0, 0.1) is 11.8 Å². The van der Waals surface area contributed by atoms with Crippen LogP contribution in [0.2, 0.25) is 0 Å². The Labute approximate surface area is 210 Å². The number of piperidine rings is 1. The van der Waals surface area contributed by atoms with Gasteiger partial charge in [0.05, 0.1) is 11.0 Å². The summed E-state index contributed by atoms with van der Waals surface area (Å²) >= 11 is 0. The van der Waals surface area contributed by atoms with Crippen molar-refractivity contribution < 1.29 is 17.9 Å². The van der Waals surface area contributed by atoms with Crippen LogP contribution in [0.15, 0.2) is 35.2 Å². The second-order valence-electron chi connectivity index (χ2n) is 10.8. The number of carbonyl (C=O) groups is 1. The highest BCUT2D eigenvalue weighted by molar-refractivity contribution is 7.89. The smallest absolute Gasteiger partial charge is 0.243 e. The van der Waals surface area contributed by atoms with Gasteiger partial charge in [-0.15, -0.1) is 0 Å². The molecule has 4 fully saturated rings. The second-order valence-corrected chi connectivity index (χ2v) is 12.7. The van der Waals surface area contributed by atoms with Crippen LogP contribution in [0.1, 0.15) is 32.1 Å². The minimum Gasteiger partial charge on any atom is -0.381 e. The number of likely N-dealkylation sites (tertiary alicyclic amines) is 1. The lowest BCUT2D eigenvalue weighted by Crippen LogP contribution is -2.57. The van der Waals surface area contributed by atoms with Crippen LogP contribution in [0.25, 0.3) is 0 Å². The fourth-order valence-corrected chi connectivity index (χ4v) is 8.15. The largest absolute Gasteiger partial charge is 0.381 e. The molecule has 2 unspecified atom stereocenters. The Morgan fingerprint density at radius 2 is 1.60 bits per heavy atom. The predicted molar refractivity (Wildman–Crippen MR) is 134 cm³/mol. The molecule has 1 aromatic carbocycles. The van der Waals surface area contributed by atoms with Crippen molar-refractivity contribution in [1.29, 1.82) is 0 Å². The van der Waals surface area contributed by atoms with Gasteiger partial charge in [-0.2, -0.15) is 4.31 Å². The average Bonchev–Trinajstić information content (AvgIpc) is 3.24. The monoisotopic (exact) mass is 504 g/mol. The molecule has 194 valence electrons. The van der Waals surface area contributed by atoms with Crippen molar-refractivity contribution in [3.05, 3.63) is 30.3 Å². The highest BCUT2D eigenvalue weighted by atomic mass is 32.2. The maximum absolute atomic E-state index is 14.1. The molecule has 1 saturated carbocycles.